The van der Waals surface area contributed by atoms with E-state index in [-0.39, 0.29) is 5.91 Å². The van der Waals surface area contributed by atoms with Crippen LogP contribution >= 0.6 is 23.2 Å². The van der Waals surface area contributed by atoms with Gasteiger partial charge in [-0.25, -0.2) is 0 Å². The van der Waals surface area contributed by atoms with Gasteiger partial charge < -0.3 is 10.2 Å². The molecule has 2 aromatic carbocycles. The molecule has 1 amide bonds. The standard InChI is InChI=1S/C20H17Cl2N3O/c1-2-25(16-7-4-3-5-8-16)20(26)14-11-15(13-23-12-14)24-19-17(21)9-6-10-18(19)22/h3-13,24H,2H2,1H3. The summed E-state index contributed by atoms with van der Waals surface area (Å²) >= 11 is 12.4. The summed E-state index contributed by atoms with van der Waals surface area (Å²) in [6, 6.07) is 16.5. The first-order valence-electron chi connectivity index (χ1n) is 8.13. The van der Waals surface area contributed by atoms with Crippen LogP contribution in [0, 0.1) is 0 Å². The Morgan fingerprint density at radius 2 is 1.73 bits per heavy atom. The van der Waals surface area contributed by atoms with Crippen molar-refractivity contribution in [3.63, 3.8) is 0 Å². The van der Waals surface area contributed by atoms with Gasteiger partial charge in [0.1, 0.15) is 0 Å². The molecule has 0 atom stereocenters. The number of anilines is 3. The third-order valence-electron chi connectivity index (χ3n) is 3.85. The third kappa shape index (κ3) is 3.98. The molecule has 0 saturated carbocycles. The van der Waals surface area contributed by atoms with Gasteiger partial charge in [0, 0.05) is 18.4 Å². The Morgan fingerprint density at radius 3 is 2.38 bits per heavy atom. The molecule has 132 valence electrons. The van der Waals surface area contributed by atoms with Gasteiger partial charge in [-0.15, -0.1) is 0 Å². The van der Waals surface area contributed by atoms with Gasteiger partial charge in [-0.2, -0.15) is 0 Å². The van der Waals surface area contributed by atoms with Crippen LogP contribution in [0.3, 0.4) is 0 Å². The van der Waals surface area contributed by atoms with Gasteiger partial charge in [0.05, 0.1) is 33.2 Å². The molecule has 3 aromatic rings. The number of carbonyl (C=O) groups is 1. The van der Waals surface area contributed by atoms with E-state index in [0.717, 1.165) is 5.69 Å². The summed E-state index contributed by atoms with van der Waals surface area (Å²) in [5, 5.41) is 4.12. The third-order valence-corrected chi connectivity index (χ3v) is 4.48. The van der Waals surface area contributed by atoms with Crippen molar-refractivity contribution in [1.29, 1.82) is 0 Å². The zero-order valence-corrected chi connectivity index (χ0v) is 15.6. The highest BCUT2D eigenvalue weighted by Gasteiger charge is 2.17. The molecule has 4 nitrogen and oxygen atoms in total. The average molecular weight is 386 g/mol. The molecule has 6 heteroatoms. The van der Waals surface area contributed by atoms with Crippen LogP contribution in [0.25, 0.3) is 0 Å². The van der Waals surface area contributed by atoms with Gasteiger partial charge in [-0.1, -0.05) is 47.5 Å². The van der Waals surface area contributed by atoms with E-state index in [1.54, 1.807) is 41.6 Å². The summed E-state index contributed by atoms with van der Waals surface area (Å²) < 4.78 is 0. The van der Waals surface area contributed by atoms with Gasteiger partial charge in [0.15, 0.2) is 0 Å². The molecule has 1 aromatic heterocycles. The summed E-state index contributed by atoms with van der Waals surface area (Å²) in [7, 11) is 0. The monoisotopic (exact) mass is 385 g/mol. The Bertz CT molecular complexity index is 896. The molecule has 0 saturated heterocycles. The molecule has 1 heterocycles. The lowest BCUT2D eigenvalue weighted by Crippen LogP contribution is -2.30. The Balaban J connectivity index is 1.88. The Morgan fingerprint density at radius 1 is 1.04 bits per heavy atom. The highest BCUT2D eigenvalue weighted by atomic mass is 35.5. The molecular formula is C20H17Cl2N3O. The van der Waals surface area contributed by atoms with E-state index in [9.17, 15) is 4.79 Å². The van der Waals surface area contributed by atoms with Gasteiger partial charge in [-0.05, 0) is 37.3 Å². The molecule has 0 unspecified atom stereocenters. The van der Waals surface area contributed by atoms with Crippen molar-refractivity contribution in [3.05, 3.63) is 82.6 Å². The second-order valence-electron chi connectivity index (χ2n) is 5.57. The van der Waals surface area contributed by atoms with E-state index in [1.807, 2.05) is 37.3 Å². The van der Waals surface area contributed by atoms with Gasteiger partial charge in [0.2, 0.25) is 0 Å². The van der Waals surface area contributed by atoms with E-state index in [0.29, 0.717) is 33.5 Å². The maximum Gasteiger partial charge on any atom is 0.259 e. The lowest BCUT2D eigenvalue weighted by molar-refractivity contribution is 0.0988. The number of nitrogens with zero attached hydrogens (tertiary/aromatic N) is 2. The molecule has 0 bridgehead atoms. The van der Waals surface area contributed by atoms with Crippen molar-refractivity contribution in [2.24, 2.45) is 0 Å². The first-order chi connectivity index (χ1) is 12.6. The number of nitrogens with one attached hydrogen (secondary N) is 1. The van der Waals surface area contributed by atoms with Crippen LogP contribution in [0.5, 0.6) is 0 Å². The molecule has 1 N–H and O–H groups in total. The smallest absolute Gasteiger partial charge is 0.259 e. The predicted octanol–water partition coefficient (Wildman–Crippen LogP) is 5.80. The van der Waals surface area contributed by atoms with Crippen LogP contribution in [0.1, 0.15) is 17.3 Å². The molecule has 0 aliphatic heterocycles. The predicted molar refractivity (Wildman–Crippen MR) is 108 cm³/mol. The number of rotatable bonds is 5. The largest absolute Gasteiger partial charge is 0.352 e. The second kappa shape index (κ2) is 8.21. The number of carbonyl (C=O) groups excluding carboxylic acids is 1. The van der Waals surface area contributed by atoms with E-state index < -0.39 is 0 Å². The van der Waals surface area contributed by atoms with E-state index in [4.69, 9.17) is 23.2 Å². The first kappa shape index (κ1) is 18.2. The topological polar surface area (TPSA) is 45.2 Å². The average Bonchev–Trinajstić information content (AvgIpc) is 2.66. The minimum Gasteiger partial charge on any atom is -0.352 e. The quantitative estimate of drug-likeness (QED) is 0.603. The molecule has 0 radical (unpaired) electrons. The number of benzene rings is 2. The van der Waals surface area contributed by atoms with Crippen LogP contribution in [0.4, 0.5) is 17.1 Å². The molecule has 26 heavy (non-hydrogen) atoms. The van der Waals surface area contributed by atoms with E-state index >= 15 is 0 Å². The fourth-order valence-electron chi connectivity index (χ4n) is 2.59. The first-order valence-corrected chi connectivity index (χ1v) is 8.88. The minimum absolute atomic E-state index is 0.125. The second-order valence-corrected chi connectivity index (χ2v) is 6.38. The van der Waals surface area contributed by atoms with Gasteiger partial charge in [0.25, 0.3) is 5.91 Å². The highest BCUT2D eigenvalue weighted by Crippen LogP contribution is 2.32. The number of amides is 1. The van der Waals surface area contributed by atoms with E-state index in [2.05, 4.69) is 10.3 Å². The molecule has 0 fully saturated rings. The number of pyridine rings is 1. The van der Waals surface area contributed by atoms with Crippen LogP contribution in [0.2, 0.25) is 10.0 Å². The normalized spacial score (nSPS) is 10.4. The maximum atomic E-state index is 12.9. The molecule has 0 aliphatic rings. The molecular weight excluding hydrogens is 369 g/mol. The molecule has 0 spiro atoms. The summed E-state index contributed by atoms with van der Waals surface area (Å²) in [6.07, 6.45) is 3.17. The fraction of sp³-hybridized carbons (Fsp3) is 0.100. The van der Waals surface area contributed by atoms with Crippen molar-refractivity contribution >= 4 is 46.2 Å². The number of aromatic nitrogens is 1. The lowest BCUT2D eigenvalue weighted by Gasteiger charge is -2.21. The van der Waals surface area contributed by atoms with Gasteiger partial charge >= 0.3 is 0 Å². The summed E-state index contributed by atoms with van der Waals surface area (Å²) in [5.74, 6) is -0.125. The SMILES string of the molecule is CCN(C(=O)c1cncc(Nc2c(Cl)cccc2Cl)c1)c1ccccc1. The van der Waals surface area contributed by atoms with Crippen molar-refractivity contribution in [3.8, 4) is 0 Å². The number of hydrogen-bond donors (Lipinski definition) is 1. The Kier molecular flexibility index (Phi) is 5.76. The zero-order chi connectivity index (χ0) is 18.5. The van der Waals surface area contributed by atoms with Crippen LogP contribution in [0.15, 0.2) is 67.0 Å². The number of halogens is 2. The van der Waals surface area contributed by atoms with Gasteiger partial charge in [-0.3, -0.25) is 9.78 Å². The van der Waals surface area contributed by atoms with Crippen molar-refractivity contribution < 1.29 is 4.79 Å². The minimum atomic E-state index is -0.125. The summed E-state index contributed by atoms with van der Waals surface area (Å²) in [5.41, 5.74) is 2.53. The van der Waals surface area contributed by atoms with Crippen LogP contribution < -0.4 is 10.2 Å². The number of para-hydroxylation sites is 2. The van der Waals surface area contributed by atoms with Crippen molar-refractivity contribution in [2.45, 2.75) is 6.92 Å². The van der Waals surface area contributed by atoms with Crippen LogP contribution in [-0.4, -0.2) is 17.4 Å². The maximum absolute atomic E-state index is 12.9. The lowest BCUT2D eigenvalue weighted by atomic mass is 10.2. The Hall–Kier alpha value is -2.56. The highest BCUT2D eigenvalue weighted by molar-refractivity contribution is 6.39. The Labute approximate surface area is 162 Å². The fourth-order valence-corrected chi connectivity index (χ4v) is 3.09. The zero-order valence-electron chi connectivity index (χ0n) is 14.1. The summed E-state index contributed by atoms with van der Waals surface area (Å²) in [4.78, 5) is 18.8. The van der Waals surface area contributed by atoms with Crippen LogP contribution in [-0.2, 0) is 0 Å². The summed E-state index contributed by atoms with van der Waals surface area (Å²) in [6.45, 7) is 2.49. The van der Waals surface area contributed by atoms with Crippen molar-refractivity contribution in [1.82, 2.24) is 4.98 Å². The van der Waals surface area contributed by atoms with Crippen molar-refractivity contribution in [2.75, 3.05) is 16.8 Å². The molecule has 3 rings (SSSR count). The number of hydrogen-bond acceptors (Lipinski definition) is 3. The molecule has 0 aliphatic carbocycles. The van der Waals surface area contributed by atoms with E-state index in [1.165, 1.54) is 0 Å².